The van der Waals surface area contributed by atoms with Gasteiger partial charge in [-0.15, -0.1) is 0 Å². The van der Waals surface area contributed by atoms with Crippen LogP contribution in [0.25, 0.3) is 0 Å². The third kappa shape index (κ3) is 3.75. The van der Waals surface area contributed by atoms with Crippen LogP contribution in [0.15, 0.2) is 53.4 Å². The number of methoxy groups -OCH3 is 1. The lowest BCUT2D eigenvalue weighted by molar-refractivity contribution is 0.0596. The lowest BCUT2D eigenvalue weighted by Gasteiger charge is -2.18. The molecule has 2 rings (SSSR count). The first-order valence-corrected chi connectivity index (χ1v) is 8.18. The summed E-state index contributed by atoms with van der Waals surface area (Å²) in [5.41, 5.74) is 0.606. The molecule has 0 aliphatic carbocycles. The minimum atomic E-state index is -3.89. The molecule has 0 heterocycles. The van der Waals surface area contributed by atoms with E-state index in [4.69, 9.17) is 0 Å². The van der Waals surface area contributed by atoms with E-state index in [9.17, 15) is 17.6 Å². The zero-order valence-electron chi connectivity index (χ0n) is 12.7. The molecule has 0 aliphatic rings. The van der Waals surface area contributed by atoms with Gasteiger partial charge in [0.05, 0.1) is 17.6 Å². The largest absolute Gasteiger partial charge is 0.465 e. The van der Waals surface area contributed by atoms with E-state index in [0.29, 0.717) is 5.56 Å². The van der Waals surface area contributed by atoms with E-state index >= 15 is 0 Å². The summed E-state index contributed by atoms with van der Waals surface area (Å²) in [6.45, 7) is 0.0537. The first kappa shape index (κ1) is 17.1. The number of ether oxygens (including phenoxy) is 1. The minimum absolute atomic E-state index is 0.0269. The molecule has 0 unspecified atom stereocenters. The van der Waals surface area contributed by atoms with Crippen LogP contribution in [0.5, 0.6) is 0 Å². The number of esters is 1. The molecule has 0 aliphatic heterocycles. The van der Waals surface area contributed by atoms with E-state index in [1.54, 1.807) is 6.07 Å². The Morgan fingerprint density at radius 1 is 1.13 bits per heavy atom. The maximum absolute atomic E-state index is 12.9. The molecule has 0 bridgehead atoms. The van der Waals surface area contributed by atoms with Gasteiger partial charge in [0.2, 0.25) is 10.0 Å². The third-order valence-electron chi connectivity index (χ3n) is 3.30. The molecule has 7 heteroatoms. The van der Waals surface area contributed by atoms with Gasteiger partial charge in [0.25, 0.3) is 0 Å². The van der Waals surface area contributed by atoms with E-state index in [2.05, 4.69) is 4.74 Å². The summed E-state index contributed by atoms with van der Waals surface area (Å²) >= 11 is 0. The number of hydrogen-bond donors (Lipinski definition) is 0. The lowest BCUT2D eigenvalue weighted by atomic mass is 10.2. The van der Waals surface area contributed by atoms with Gasteiger partial charge in [0, 0.05) is 13.6 Å². The van der Waals surface area contributed by atoms with Crippen LogP contribution < -0.4 is 0 Å². The Morgan fingerprint density at radius 3 is 2.35 bits per heavy atom. The molecule has 122 valence electrons. The van der Waals surface area contributed by atoms with Crippen LogP contribution >= 0.6 is 0 Å². The second-order valence-corrected chi connectivity index (χ2v) is 6.89. The summed E-state index contributed by atoms with van der Waals surface area (Å²) in [6, 6.07) is 11.4. The van der Waals surface area contributed by atoms with E-state index in [1.165, 1.54) is 56.6 Å². The Kier molecular flexibility index (Phi) is 5.12. The van der Waals surface area contributed by atoms with Crippen LogP contribution in [0, 0.1) is 5.82 Å². The molecular weight excluding hydrogens is 321 g/mol. The van der Waals surface area contributed by atoms with Crippen molar-refractivity contribution in [3.05, 3.63) is 65.5 Å². The average molecular weight is 337 g/mol. The normalized spacial score (nSPS) is 11.5. The van der Waals surface area contributed by atoms with Crippen LogP contribution in [0.3, 0.4) is 0 Å². The molecule has 0 atom stereocenters. The van der Waals surface area contributed by atoms with Gasteiger partial charge in [0.15, 0.2) is 0 Å². The maximum atomic E-state index is 12.9. The fraction of sp³-hybridized carbons (Fsp3) is 0.188. The van der Waals surface area contributed by atoms with Crippen molar-refractivity contribution in [2.45, 2.75) is 11.4 Å². The Balaban J connectivity index is 2.34. The lowest BCUT2D eigenvalue weighted by Crippen LogP contribution is -2.28. The highest BCUT2D eigenvalue weighted by atomic mass is 32.2. The number of benzene rings is 2. The number of nitrogens with zero attached hydrogens (tertiary/aromatic N) is 1. The van der Waals surface area contributed by atoms with Crippen molar-refractivity contribution in [2.75, 3.05) is 14.2 Å². The van der Waals surface area contributed by atoms with Crippen molar-refractivity contribution in [1.82, 2.24) is 4.31 Å². The molecule has 5 nitrogen and oxygen atoms in total. The highest BCUT2D eigenvalue weighted by molar-refractivity contribution is 7.89. The highest BCUT2D eigenvalue weighted by Crippen LogP contribution is 2.21. The molecule has 2 aromatic rings. The monoisotopic (exact) mass is 337 g/mol. The molecule has 0 spiro atoms. The van der Waals surface area contributed by atoms with E-state index in [0.717, 1.165) is 4.31 Å². The number of halogens is 1. The smallest absolute Gasteiger partial charge is 0.339 e. The summed E-state index contributed by atoms with van der Waals surface area (Å²) in [6.07, 6.45) is 0. The fourth-order valence-electron chi connectivity index (χ4n) is 2.07. The third-order valence-corrected chi connectivity index (χ3v) is 5.16. The summed E-state index contributed by atoms with van der Waals surface area (Å²) in [4.78, 5) is 11.6. The number of carbonyl (C=O) groups excluding carboxylic acids is 1. The quantitative estimate of drug-likeness (QED) is 0.786. The molecular formula is C16H16FNO4S. The van der Waals surface area contributed by atoms with Gasteiger partial charge in [-0.05, 0) is 29.8 Å². The van der Waals surface area contributed by atoms with Crippen molar-refractivity contribution < 1.29 is 22.3 Å². The van der Waals surface area contributed by atoms with E-state index < -0.39 is 21.8 Å². The minimum Gasteiger partial charge on any atom is -0.465 e. The first-order chi connectivity index (χ1) is 10.9. The van der Waals surface area contributed by atoms with Crippen molar-refractivity contribution in [3.63, 3.8) is 0 Å². The highest BCUT2D eigenvalue weighted by Gasteiger charge is 2.26. The van der Waals surface area contributed by atoms with E-state index in [1.807, 2.05) is 0 Å². The number of hydrogen-bond acceptors (Lipinski definition) is 4. The molecule has 0 saturated heterocycles. The van der Waals surface area contributed by atoms with Crippen molar-refractivity contribution in [3.8, 4) is 0 Å². The SMILES string of the molecule is COC(=O)c1ccccc1S(=O)(=O)N(C)Cc1ccc(F)cc1. The van der Waals surface area contributed by atoms with Crippen LogP contribution in [-0.4, -0.2) is 32.8 Å². The van der Waals surface area contributed by atoms with Gasteiger partial charge in [-0.25, -0.2) is 17.6 Å². The molecule has 0 amide bonds. The van der Waals surface area contributed by atoms with Gasteiger partial charge < -0.3 is 4.74 Å². The van der Waals surface area contributed by atoms with Crippen LogP contribution in [0.2, 0.25) is 0 Å². The molecule has 0 aromatic heterocycles. The van der Waals surface area contributed by atoms with Crippen LogP contribution in [0.1, 0.15) is 15.9 Å². The second-order valence-electron chi connectivity index (χ2n) is 4.88. The van der Waals surface area contributed by atoms with Crippen LogP contribution in [-0.2, 0) is 21.3 Å². The Labute approximate surface area is 134 Å². The standard InChI is InChI=1S/C16H16FNO4S/c1-18(11-12-7-9-13(17)10-8-12)23(20,21)15-6-4-3-5-14(15)16(19)22-2/h3-10H,11H2,1-2H3. The van der Waals surface area contributed by atoms with Crippen molar-refractivity contribution in [1.29, 1.82) is 0 Å². The predicted molar refractivity (Wildman–Crippen MR) is 82.8 cm³/mol. The molecule has 0 radical (unpaired) electrons. The topological polar surface area (TPSA) is 63.7 Å². The van der Waals surface area contributed by atoms with Crippen LogP contribution in [0.4, 0.5) is 4.39 Å². The summed E-state index contributed by atoms with van der Waals surface area (Å²) in [5.74, 6) is -1.12. The van der Waals surface area contributed by atoms with Crippen molar-refractivity contribution >= 4 is 16.0 Å². The summed E-state index contributed by atoms with van der Waals surface area (Å²) < 4.78 is 44.0. The first-order valence-electron chi connectivity index (χ1n) is 6.74. The van der Waals surface area contributed by atoms with Crippen molar-refractivity contribution in [2.24, 2.45) is 0 Å². The second kappa shape index (κ2) is 6.89. The summed E-state index contributed by atoms with van der Waals surface area (Å²) in [5, 5.41) is 0. The Bertz CT molecular complexity index is 803. The van der Waals surface area contributed by atoms with Gasteiger partial charge in [0.1, 0.15) is 5.82 Å². The molecule has 23 heavy (non-hydrogen) atoms. The Hall–Kier alpha value is -2.25. The zero-order chi connectivity index (χ0) is 17.0. The van der Waals surface area contributed by atoms with Gasteiger partial charge in [-0.1, -0.05) is 24.3 Å². The molecule has 0 saturated carbocycles. The number of rotatable bonds is 5. The Morgan fingerprint density at radius 2 is 1.74 bits per heavy atom. The number of sulfonamides is 1. The molecule has 0 fully saturated rings. The van der Waals surface area contributed by atoms with Gasteiger partial charge in [-0.3, -0.25) is 0 Å². The van der Waals surface area contributed by atoms with E-state index in [-0.39, 0.29) is 17.0 Å². The molecule has 2 aromatic carbocycles. The zero-order valence-corrected chi connectivity index (χ0v) is 13.5. The average Bonchev–Trinajstić information content (AvgIpc) is 2.56. The van der Waals surface area contributed by atoms with Gasteiger partial charge >= 0.3 is 5.97 Å². The predicted octanol–water partition coefficient (Wildman–Crippen LogP) is 2.43. The fourth-order valence-corrected chi connectivity index (χ4v) is 3.40. The maximum Gasteiger partial charge on any atom is 0.339 e. The molecule has 0 N–H and O–H groups in total. The number of carbonyl (C=O) groups is 1. The van der Waals surface area contributed by atoms with Gasteiger partial charge in [-0.2, -0.15) is 4.31 Å². The summed E-state index contributed by atoms with van der Waals surface area (Å²) in [7, 11) is -1.31.